The summed E-state index contributed by atoms with van der Waals surface area (Å²) >= 11 is 0. The highest BCUT2D eigenvalue weighted by molar-refractivity contribution is 6.09. The van der Waals surface area contributed by atoms with Gasteiger partial charge in [-0.1, -0.05) is 24.3 Å². The Labute approximate surface area is 187 Å². The number of pyridine rings is 1. The van der Waals surface area contributed by atoms with E-state index in [1.807, 2.05) is 43.3 Å². The van der Waals surface area contributed by atoms with Crippen LogP contribution in [0.3, 0.4) is 0 Å². The highest BCUT2D eigenvalue weighted by atomic mass is 16.5. The van der Waals surface area contributed by atoms with Crippen molar-refractivity contribution < 1.29 is 9.47 Å². The lowest BCUT2D eigenvalue weighted by molar-refractivity contribution is 0.355. The van der Waals surface area contributed by atoms with Gasteiger partial charge in [0.15, 0.2) is 17.1 Å². The number of aromatic nitrogens is 5. The number of benzene rings is 2. The lowest BCUT2D eigenvalue weighted by atomic mass is 9.98. The minimum Gasteiger partial charge on any atom is -0.493 e. The average Bonchev–Trinajstić information content (AvgIpc) is 3.17. The van der Waals surface area contributed by atoms with E-state index in [0.29, 0.717) is 44.7 Å². The Morgan fingerprint density at radius 2 is 1.67 bits per heavy atom. The summed E-state index contributed by atoms with van der Waals surface area (Å²) in [4.78, 5) is 33.1. The predicted octanol–water partition coefficient (Wildman–Crippen LogP) is 2.95. The second-order valence-corrected chi connectivity index (χ2v) is 7.61. The van der Waals surface area contributed by atoms with E-state index < -0.39 is 11.2 Å². The van der Waals surface area contributed by atoms with Gasteiger partial charge in [0.2, 0.25) is 0 Å². The number of H-pyrrole nitrogens is 1. The number of aryl methyl sites for hydroxylation is 1. The minimum absolute atomic E-state index is 0.192. The first kappa shape index (κ1) is 20.5. The predicted molar refractivity (Wildman–Crippen MR) is 126 cm³/mol. The Morgan fingerprint density at radius 1 is 0.939 bits per heavy atom. The maximum absolute atomic E-state index is 13.3. The van der Waals surface area contributed by atoms with Crippen molar-refractivity contribution in [1.82, 2.24) is 24.3 Å². The number of nitrogens with zero attached hydrogens (tertiary/aromatic N) is 4. The van der Waals surface area contributed by atoms with Crippen LogP contribution in [0.5, 0.6) is 11.5 Å². The summed E-state index contributed by atoms with van der Waals surface area (Å²) in [5.41, 5.74) is 2.57. The molecule has 0 aliphatic carbocycles. The normalized spacial score (nSPS) is 11.3. The van der Waals surface area contributed by atoms with Crippen LogP contribution in [-0.4, -0.2) is 38.5 Å². The zero-order valence-electron chi connectivity index (χ0n) is 18.5. The summed E-state index contributed by atoms with van der Waals surface area (Å²) in [5, 5.41) is 5.73. The summed E-state index contributed by atoms with van der Waals surface area (Å²) in [5.74, 6) is 1.08. The lowest BCUT2D eigenvalue weighted by Gasteiger charge is -2.13. The van der Waals surface area contributed by atoms with Crippen LogP contribution in [0, 0.1) is 6.92 Å². The fraction of sp³-hybridized carbons (Fsp3) is 0.167. The summed E-state index contributed by atoms with van der Waals surface area (Å²) in [6.45, 7) is 1.87. The number of rotatable bonds is 4. The number of ether oxygens (including phenoxy) is 2. The van der Waals surface area contributed by atoms with E-state index in [2.05, 4.69) is 9.97 Å². The van der Waals surface area contributed by atoms with Crippen molar-refractivity contribution in [2.75, 3.05) is 14.2 Å². The third-order valence-corrected chi connectivity index (χ3v) is 5.71. The van der Waals surface area contributed by atoms with Crippen LogP contribution in [0.4, 0.5) is 0 Å². The first-order valence-corrected chi connectivity index (χ1v) is 10.2. The third-order valence-electron chi connectivity index (χ3n) is 5.71. The van der Waals surface area contributed by atoms with Gasteiger partial charge in [0.05, 0.1) is 36.4 Å². The Bertz CT molecular complexity index is 1650. The molecule has 3 aromatic heterocycles. The topological polar surface area (TPSA) is 104 Å². The number of hydrogen-bond donors (Lipinski definition) is 1. The van der Waals surface area contributed by atoms with Gasteiger partial charge in [0.1, 0.15) is 5.65 Å². The van der Waals surface area contributed by atoms with Gasteiger partial charge >= 0.3 is 5.69 Å². The maximum atomic E-state index is 13.3. The Morgan fingerprint density at radius 3 is 2.36 bits per heavy atom. The van der Waals surface area contributed by atoms with Gasteiger partial charge in [-0.25, -0.2) is 14.5 Å². The summed E-state index contributed by atoms with van der Waals surface area (Å²) in [7, 11) is 4.55. The number of hydrogen-bond acceptors (Lipinski definition) is 6. The molecule has 2 aromatic carbocycles. The molecule has 0 unspecified atom stereocenters. The maximum Gasteiger partial charge on any atom is 0.329 e. The molecule has 0 saturated carbocycles. The summed E-state index contributed by atoms with van der Waals surface area (Å²) in [6.07, 6.45) is 0. The number of fused-ring (bicyclic) bond motifs is 2. The van der Waals surface area contributed by atoms with Crippen molar-refractivity contribution >= 4 is 22.1 Å². The number of nitrogens with one attached hydrogen (secondary N) is 1. The van der Waals surface area contributed by atoms with Crippen molar-refractivity contribution in [3.63, 3.8) is 0 Å². The van der Waals surface area contributed by atoms with E-state index in [1.165, 1.54) is 7.05 Å². The van der Waals surface area contributed by atoms with Gasteiger partial charge in [0, 0.05) is 12.6 Å². The first-order chi connectivity index (χ1) is 15.9. The number of aromatic amines is 1. The van der Waals surface area contributed by atoms with Gasteiger partial charge < -0.3 is 9.47 Å². The van der Waals surface area contributed by atoms with Crippen LogP contribution in [0.2, 0.25) is 0 Å². The zero-order valence-corrected chi connectivity index (χ0v) is 18.5. The van der Waals surface area contributed by atoms with Gasteiger partial charge in [-0.2, -0.15) is 5.10 Å². The molecule has 0 saturated heterocycles. The fourth-order valence-corrected chi connectivity index (χ4v) is 4.09. The SMILES string of the molecule is COc1ccc(-c2c3c(C)nn(-c4ccccc4)c3nc3[nH]c(=O)n(C)c(=O)c23)cc1OC. The van der Waals surface area contributed by atoms with Crippen molar-refractivity contribution in [1.29, 1.82) is 0 Å². The third kappa shape index (κ3) is 3.08. The van der Waals surface area contributed by atoms with E-state index in [4.69, 9.17) is 14.6 Å². The second-order valence-electron chi connectivity index (χ2n) is 7.61. The molecule has 0 aliphatic rings. The Kier molecular flexibility index (Phi) is 4.74. The molecule has 0 aliphatic heterocycles. The number of methoxy groups -OCH3 is 2. The van der Waals surface area contributed by atoms with Crippen LogP contribution in [0.15, 0.2) is 58.1 Å². The molecule has 9 nitrogen and oxygen atoms in total. The first-order valence-electron chi connectivity index (χ1n) is 10.2. The smallest absolute Gasteiger partial charge is 0.329 e. The highest BCUT2D eigenvalue weighted by Gasteiger charge is 2.23. The molecule has 33 heavy (non-hydrogen) atoms. The number of para-hydroxylation sites is 1. The highest BCUT2D eigenvalue weighted by Crippen LogP contribution is 2.39. The monoisotopic (exact) mass is 443 g/mol. The van der Waals surface area contributed by atoms with E-state index in [0.717, 1.165) is 10.3 Å². The Hall–Kier alpha value is -4.40. The molecule has 0 amide bonds. The molecule has 3 heterocycles. The van der Waals surface area contributed by atoms with E-state index in [1.54, 1.807) is 31.0 Å². The minimum atomic E-state index is -0.542. The van der Waals surface area contributed by atoms with Crippen LogP contribution in [0.25, 0.3) is 38.9 Å². The molecular weight excluding hydrogens is 422 g/mol. The van der Waals surface area contributed by atoms with E-state index in [-0.39, 0.29) is 5.65 Å². The molecule has 0 radical (unpaired) electrons. The second kappa shape index (κ2) is 7.63. The standard InChI is InChI=1S/C24H21N5O4/c1-13-18-19(14-10-11-16(32-3)17(12-14)33-4)20-21(26-24(31)28(2)23(20)30)25-22(18)29(27-13)15-8-6-5-7-9-15/h5-12H,1-4H3,(H,25,26,31). The average molecular weight is 443 g/mol. The molecule has 0 fully saturated rings. The summed E-state index contributed by atoms with van der Waals surface area (Å²) < 4.78 is 13.6. The molecule has 0 atom stereocenters. The van der Waals surface area contributed by atoms with Crippen molar-refractivity contribution in [2.45, 2.75) is 6.92 Å². The van der Waals surface area contributed by atoms with Gasteiger partial charge in [-0.15, -0.1) is 0 Å². The fourth-order valence-electron chi connectivity index (χ4n) is 4.09. The van der Waals surface area contributed by atoms with Crippen molar-refractivity contribution in [3.05, 3.63) is 75.1 Å². The van der Waals surface area contributed by atoms with Crippen LogP contribution in [-0.2, 0) is 7.05 Å². The van der Waals surface area contributed by atoms with Gasteiger partial charge in [-0.05, 0) is 36.8 Å². The van der Waals surface area contributed by atoms with Crippen LogP contribution in [0.1, 0.15) is 5.69 Å². The van der Waals surface area contributed by atoms with E-state index >= 15 is 0 Å². The zero-order chi connectivity index (χ0) is 23.3. The molecule has 9 heteroatoms. The molecule has 0 bridgehead atoms. The summed E-state index contributed by atoms with van der Waals surface area (Å²) in [6, 6.07) is 15.0. The Balaban J connectivity index is 2.00. The van der Waals surface area contributed by atoms with Gasteiger partial charge in [0.25, 0.3) is 5.56 Å². The quantitative estimate of drug-likeness (QED) is 0.458. The van der Waals surface area contributed by atoms with Crippen LogP contribution >= 0.6 is 0 Å². The molecule has 1 N–H and O–H groups in total. The van der Waals surface area contributed by atoms with Crippen molar-refractivity contribution in [3.8, 4) is 28.3 Å². The van der Waals surface area contributed by atoms with Gasteiger partial charge in [-0.3, -0.25) is 14.3 Å². The van der Waals surface area contributed by atoms with Crippen molar-refractivity contribution in [2.24, 2.45) is 7.05 Å². The molecule has 166 valence electrons. The van der Waals surface area contributed by atoms with E-state index in [9.17, 15) is 9.59 Å². The lowest BCUT2D eigenvalue weighted by Crippen LogP contribution is -2.33. The molecule has 5 aromatic rings. The van der Waals surface area contributed by atoms with Crippen LogP contribution < -0.4 is 20.7 Å². The molecular formula is C24H21N5O4. The largest absolute Gasteiger partial charge is 0.493 e. The molecule has 0 spiro atoms. The molecule has 5 rings (SSSR count).